The van der Waals surface area contributed by atoms with Gasteiger partial charge in [-0.2, -0.15) is 0 Å². The molecule has 2 atom stereocenters. The van der Waals surface area contributed by atoms with E-state index < -0.39 is 5.60 Å². The van der Waals surface area contributed by atoms with E-state index in [-0.39, 0.29) is 24.4 Å². The zero-order valence-electron chi connectivity index (χ0n) is 18.7. The van der Waals surface area contributed by atoms with E-state index >= 15 is 0 Å². The first kappa shape index (κ1) is 23.0. The van der Waals surface area contributed by atoms with Gasteiger partial charge in [0.25, 0.3) is 5.91 Å². The van der Waals surface area contributed by atoms with Crippen molar-refractivity contribution in [1.29, 1.82) is 0 Å². The van der Waals surface area contributed by atoms with Gasteiger partial charge in [-0.3, -0.25) is 9.78 Å². The summed E-state index contributed by atoms with van der Waals surface area (Å²) < 4.78 is 23.2. The monoisotopic (exact) mass is 460 g/mol. The minimum absolute atomic E-state index is 0.0976. The lowest BCUT2D eigenvalue weighted by atomic mass is 9.85. The Labute approximate surface area is 193 Å². The lowest BCUT2D eigenvalue weighted by Crippen LogP contribution is -2.53. The SMILES string of the molecule is CC(C)(C)OCCOc1ccc(C(=O)N2CC[C@]3(c4ccccn4)OCOC3C2)cc1Cl. The number of halogens is 1. The van der Waals surface area contributed by atoms with Gasteiger partial charge >= 0.3 is 0 Å². The first-order chi connectivity index (χ1) is 15.3. The zero-order valence-corrected chi connectivity index (χ0v) is 19.4. The maximum Gasteiger partial charge on any atom is 0.254 e. The number of amides is 1. The lowest BCUT2D eigenvalue weighted by Gasteiger charge is -2.41. The molecule has 172 valence electrons. The molecule has 2 aliphatic rings. The number of aromatic nitrogens is 1. The van der Waals surface area contributed by atoms with Gasteiger partial charge in [0.1, 0.15) is 30.9 Å². The highest BCUT2D eigenvalue weighted by atomic mass is 35.5. The number of hydrogen-bond donors (Lipinski definition) is 0. The first-order valence-corrected chi connectivity index (χ1v) is 11.2. The predicted molar refractivity (Wildman–Crippen MR) is 120 cm³/mol. The van der Waals surface area contributed by atoms with Gasteiger partial charge in [-0.05, 0) is 51.1 Å². The highest BCUT2D eigenvalue weighted by Gasteiger charge is 2.52. The molecule has 2 fully saturated rings. The number of fused-ring (bicyclic) bond motifs is 1. The maximum absolute atomic E-state index is 13.2. The number of likely N-dealkylation sites (tertiary alicyclic amines) is 1. The van der Waals surface area contributed by atoms with Gasteiger partial charge in [-0.15, -0.1) is 0 Å². The van der Waals surface area contributed by atoms with Crippen LogP contribution < -0.4 is 4.74 Å². The molecule has 1 aromatic heterocycles. The van der Waals surface area contributed by atoms with Crippen molar-refractivity contribution in [3.8, 4) is 5.75 Å². The van der Waals surface area contributed by atoms with Crippen molar-refractivity contribution in [2.75, 3.05) is 33.1 Å². The number of rotatable bonds is 6. The number of pyridine rings is 1. The summed E-state index contributed by atoms with van der Waals surface area (Å²) in [5.41, 5.74) is 0.523. The molecule has 0 saturated carbocycles. The molecule has 2 saturated heterocycles. The summed E-state index contributed by atoms with van der Waals surface area (Å²) >= 11 is 6.38. The molecule has 8 heteroatoms. The van der Waals surface area contributed by atoms with Crippen LogP contribution in [0.4, 0.5) is 0 Å². The highest BCUT2D eigenvalue weighted by molar-refractivity contribution is 6.32. The number of piperidine rings is 1. The lowest BCUT2D eigenvalue weighted by molar-refractivity contribution is -0.0470. The summed E-state index contributed by atoms with van der Waals surface area (Å²) in [6.45, 7) is 7.96. The van der Waals surface area contributed by atoms with Gasteiger partial charge in [-0.1, -0.05) is 17.7 Å². The third kappa shape index (κ3) is 4.91. The van der Waals surface area contributed by atoms with Crippen LogP contribution in [0, 0.1) is 0 Å². The summed E-state index contributed by atoms with van der Waals surface area (Å²) in [6.07, 6.45) is 2.10. The van der Waals surface area contributed by atoms with Crippen molar-refractivity contribution >= 4 is 17.5 Å². The minimum atomic E-state index is -0.609. The number of carbonyl (C=O) groups excluding carboxylic acids is 1. The van der Waals surface area contributed by atoms with Gasteiger partial charge < -0.3 is 23.8 Å². The Bertz CT molecular complexity index is 949. The van der Waals surface area contributed by atoms with Crippen LogP contribution in [0.2, 0.25) is 5.02 Å². The van der Waals surface area contributed by atoms with Gasteiger partial charge in [-0.25, -0.2) is 0 Å². The summed E-state index contributed by atoms with van der Waals surface area (Å²) in [7, 11) is 0. The smallest absolute Gasteiger partial charge is 0.254 e. The number of carbonyl (C=O) groups is 1. The molecule has 0 spiro atoms. The predicted octanol–water partition coefficient (Wildman–Crippen LogP) is 4.04. The molecule has 7 nitrogen and oxygen atoms in total. The van der Waals surface area contributed by atoms with E-state index in [2.05, 4.69) is 4.98 Å². The molecular formula is C24H29ClN2O5. The maximum atomic E-state index is 13.2. The van der Waals surface area contributed by atoms with Crippen LogP contribution in [0.25, 0.3) is 0 Å². The zero-order chi connectivity index (χ0) is 22.8. The van der Waals surface area contributed by atoms with E-state index in [1.54, 1.807) is 29.3 Å². The summed E-state index contributed by atoms with van der Waals surface area (Å²) in [5.74, 6) is 0.431. The van der Waals surface area contributed by atoms with Crippen molar-refractivity contribution in [3.05, 3.63) is 58.9 Å². The van der Waals surface area contributed by atoms with E-state index in [4.69, 9.17) is 30.5 Å². The summed E-state index contributed by atoms with van der Waals surface area (Å²) in [4.78, 5) is 19.4. The molecule has 1 unspecified atom stereocenters. The van der Waals surface area contributed by atoms with Crippen molar-refractivity contribution in [2.24, 2.45) is 0 Å². The van der Waals surface area contributed by atoms with Gasteiger partial charge in [0, 0.05) is 24.7 Å². The quantitative estimate of drug-likeness (QED) is 0.606. The average molecular weight is 461 g/mol. The number of hydrogen-bond acceptors (Lipinski definition) is 6. The van der Waals surface area contributed by atoms with Crippen LogP contribution in [0.15, 0.2) is 42.6 Å². The third-order valence-corrected chi connectivity index (χ3v) is 5.98. The van der Waals surface area contributed by atoms with E-state index in [0.29, 0.717) is 49.1 Å². The molecule has 2 aromatic rings. The standard InChI is InChI=1S/C24H29ClN2O5/c1-23(2,3)31-13-12-29-19-8-7-17(14-18(19)25)22(28)27-11-9-24(20-6-4-5-10-26-20)21(15-27)30-16-32-24/h4-8,10,14,21H,9,11-13,15-16H2,1-3H3/t21?,24-/m1/s1. The number of nitrogens with zero attached hydrogens (tertiary/aromatic N) is 2. The van der Waals surface area contributed by atoms with Crippen LogP contribution in [0.5, 0.6) is 5.75 Å². The topological polar surface area (TPSA) is 70.1 Å². The van der Waals surface area contributed by atoms with Crippen molar-refractivity contribution in [1.82, 2.24) is 9.88 Å². The normalized spacial score (nSPS) is 23.1. The van der Waals surface area contributed by atoms with Gasteiger partial charge in [0.15, 0.2) is 0 Å². The van der Waals surface area contributed by atoms with E-state index in [1.807, 2.05) is 39.0 Å². The Morgan fingerprint density at radius 3 is 2.84 bits per heavy atom. The summed E-state index contributed by atoms with van der Waals surface area (Å²) in [6, 6.07) is 10.9. The highest BCUT2D eigenvalue weighted by Crippen LogP contribution is 2.41. The van der Waals surface area contributed by atoms with E-state index in [9.17, 15) is 4.79 Å². The Morgan fingerprint density at radius 2 is 2.12 bits per heavy atom. The number of ether oxygens (including phenoxy) is 4. The molecule has 2 aliphatic heterocycles. The fourth-order valence-corrected chi connectivity index (χ4v) is 4.31. The first-order valence-electron chi connectivity index (χ1n) is 10.8. The fourth-order valence-electron chi connectivity index (χ4n) is 4.07. The third-order valence-electron chi connectivity index (χ3n) is 5.69. The number of benzene rings is 1. The molecule has 4 rings (SSSR count). The van der Waals surface area contributed by atoms with Crippen molar-refractivity contribution < 1.29 is 23.7 Å². The Balaban J connectivity index is 1.39. The molecule has 1 amide bonds. The molecule has 0 aliphatic carbocycles. The van der Waals surface area contributed by atoms with Crippen LogP contribution in [-0.2, 0) is 19.8 Å². The van der Waals surface area contributed by atoms with Crippen LogP contribution in [0.3, 0.4) is 0 Å². The minimum Gasteiger partial charge on any atom is -0.490 e. The second-order valence-corrected chi connectivity index (χ2v) is 9.38. The van der Waals surface area contributed by atoms with Crippen LogP contribution in [-0.4, -0.2) is 60.6 Å². The molecular weight excluding hydrogens is 432 g/mol. The molecule has 0 N–H and O–H groups in total. The molecule has 1 aromatic carbocycles. The molecule has 0 radical (unpaired) electrons. The van der Waals surface area contributed by atoms with Crippen LogP contribution in [0.1, 0.15) is 43.2 Å². The van der Waals surface area contributed by atoms with Crippen LogP contribution >= 0.6 is 11.6 Å². The summed E-state index contributed by atoms with van der Waals surface area (Å²) in [5, 5.41) is 0.395. The molecule has 3 heterocycles. The van der Waals surface area contributed by atoms with Crippen molar-refractivity contribution in [3.63, 3.8) is 0 Å². The van der Waals surface area contributed by atoms with E-state index in [0.717, 1.165) is 5.69 Å². The molecule has 32 heavy (non-hydrogen) atoms. The van der Waals surface area contributed by atoms with Gasteiger partial charge in [0.2, 0.25) is 0 Å². The Morgan fingerprint density at radius 1 is 1.28 bits per heavy atom. The second kappa shape index (κ2) is 9.35. The van der Waals surface area contributed by atoms with Crippen molar-refractivity contribution in [2.45, 2.75) is 44.5 Å². The average Bonchev–Trinajstić information content (AvgIpc) is 3.21. The Hall–Kier alpha value is -2.19. The molecule has 0 bridgehead atoms. The van der Waals surface area contributed by atoms with Gasteiger partial charge in [0.05, 0.1) is 29.5 Å². The Kier molecular flexibility index (Phi) is 6.72. The fraction of sp³-hybridized carbons (Fsp3) is 0.500. The largest absolute Gasteiger partial charge is 0.490 e. The second-order valence-electron chi connectivity index (χ2n) is 8.98. The van der Waals surface area contributed by atoms with E-state index in [1.165, 1.54) is 0 Å².